The molecule has 4 heteroatoms. The summed E-state index contributed by atoms with van der Waals surface area (Å²) in [6, 6.07) is 18.2. The van der Waals surface area contributed by atoms with Crippen LogP contribution in [0.1, 0.15) is 40.5 Å². The first-order chi connectivity index (χ1) is 12.7. The summed E-state index contributed by atoms with van der Waals surface area (Å²) in [5, 5.41) is 0.954. The van der Waals surface area contributed by atoms with Gasteiger partial charge >= 0.3 is 0 Å². The molecule has 3 aromatic rings. The van der Waals surface area contributed by atoms with Crippen LogP contribution in [0, 0.1) is 6.92 Å². The van der Waals surface area contributed by atoms with Gasteiger partial charge in [0.15, 0.2) is 0 Å². The number of fused-ring (bicyclic) bond motifs is 1. The lowest BCUT2D eigenvalue weighted by molar-refractivity contribution is 0.0734. The van der Waals surface area contributed by atoms with E-state index in [-0.39, 0.29) is 11.9 Å². The summed E-state index contributed by atoms with van der Waals surface area (Å²) in [7, 11) is 1.64. The highest BCUT2D eigenvalue weighted by molar-refractivity contribution is 5.99. The first-order valence-corrected chi connectivity index (χ1v) is 8.98. The van der Waals surface area contributed by atoms with Gasteiger partial charge in [-0.2, -0.15) is 0 Å². The monoisotopic (exact) mass is 346 g/mol. The van der Waals surface area contributed by atoms with Crippen molar-refractivity contribution in [3.63, 3.8) is 0 Å². The molecular formula is C22H22N2O2. The maximum atomic E-state index is 13.3. The van der Waals surface area contributed by atoms with Gasteiger partial charge < -0.3 is 9.64 Å². The third-order valence-corrected chi connectivity index (χ3v) is 5.14. The molecule has 1 aromatic heterocycles. The van der Waals surface area contributed by atoms with Gasteiger partial charge in [-0.05, 0) is 43.5 Å². The average molecular weight is 346 g/mol. The Morgan fingerprint density at radius 1 is 1.15 bits per heavy atom. The van der Waals surface area contributed by atoms with E-state index in [2.05, 4.69) is 17.1 Å². The minimum atomic E-state index is 0.0686. The fraction of sp³-hybridized carbons (Fsp3) is 0.273. The van der Waals surface area contributed by atoms with Crippen molar-refractivity contribution in [3.8, 4) is 5.75 Å². The molecule has 1 amide bonds. The molecule has 1 aliphatic rings. The number of likely N-dealkylation sites (tertiary alicyclic amines) is 1. The number of benzene rings is 2. The van der Waals surface area contributed by atoms with Gasteiger partial charge in [-0.15, -0.1) is 0 Å². The molecule has 4 rings (SSSR count). The molecule has 1 saturated heterocycles. The van der Waals surface area contributed by atoms with Crippen molar-refractivity contribution < 1.29 is 9.53 Å². The van der Waals surface area contributed by atoms with Crippen molar-refractivity contribution in [2.24, 2.45) is 0 Å². The smallest absolute Gasteiger partial charge is 0.256 e. The molecule has 0 radical (unpaired) electrons. The molecular weight excluding hydrogens is 324 g/mol. The van der Waals surface area contributed by atoms with Crippen molar-refractivity contribution in [1.82, 2.24) is 9.88 Å². The van der Waals surface area contributed by atoms with Gasteiger partial charge in [-0.25, -0.2) is 0 Å². The van der Waals surface area contributed by atoms with Crippen LogP contribution in [0.2, 0.25) is 0 Å². The summed E-state index contributed by atoms with van der Waals surface area (Å²) in [6.45, 7) is 2.69. The van der Waals surface area contributed by atoms with Crippen LogP contribution in [-0.4, -0.2) is 29.4 Å². The Balaban J connectivity index is 1.70. The van der Waals surface area contributed by atoms with Gasteiger partial charge in [0.25, 0.3) is 5.91 Å². The summed E-state index contributed by atoms with van der Waals surface area (Å²) in [5.41, 5.74) is 3.49. The zero-order valence-corrected chi connectivity index (χ0v) is 15.1. The van der Waals surface area contributed by atoms with E-state index in [0.717, 1.165) is 41.7 Å². The molecule has 132 valence electrons. The number of pyridine rings is 1. The number of aryl methyl sites for hydroxylation is 1. The van der Waals surface area contributed by atoms with Crippen LogP contribution >= 0.6 is 0 Å². The Hall–Kier alpha value is -2.88. The fourth-order valence-corrected chi connectivity index (χ4v) is 3.77. The van der Waals surface area contributed by atoms with E-state index in [0.29, 0.717) is 5.56 Å². The number of carbonyl (C=O) groups excluding carboxylic acids is 1. The molecule has 0 aliphatic carbocycles. The van der Waals surface area contributed by atoms with Crippen LogP contribution in [0.4, 0.5) is 0 Å². The number of rotatable bonds is 3. The highest BCUT2D eigenvalue weighted by Crippen LogP contribution is 2.33. The van der Waals surface area contributed by atoms with Crippen LogP contribution < -0.4 is 4.74 Å². The van der Waals surface area contributed by atoms with Gasteiger partial charge in [0, 0.05) is 18.0 Å². The number of hydrogen-bond donors (Lipinski definition) is 0. The van der Waals surface area contributed by atoms with Crippen LogP contribution in [0.25, 0.3) is 10.9 Å². The van der Waals surface area contributed by atoms with E-state index in [1.54, 1.807) is 7.11 Å². The maximum absolute atomic E-state index is 13.3. The number of amides is 1. The Bertz CT molecular complexity index is 953. The largest absolute Gasteiger partial charge is 0.497 e. The molecule has 1 unspecified atom stereocenters. The summed E-state index contributed by atoms with van der Waals surface area (Å²) in [4.78, 5) is 19.9. The van der Waals surface area contributed by atoms with Crippen LogP contribution in [0.5, 0.6) is 5.75 Å². The maximum Gasteiger partial charge on any atom is 0.256 e. The van der Waals surface area contributed by atoms with Gasteiger partial charge in [0.1, 0.15) is 5.75 Å². The topological polar surface area (TPSA) is 42.4 Å². The second-order valence-electron chi connectivity index (χ2n) is 6.75. The number of ether oxygens (including phenoxy) is 1. The van der Waals surface area contributed by atoms with Crippen molar-refractivity contribution in [3.05, 3.63) is 71.4 Å². The summed E-state index contributed by atoms with van der Waals surface area (Å²) >= 11 is 0. The molecule has 26 heavy (non-hydrogen) atoms. The molecule has 0 saturated carbocycles. The van der Waals surface area contributed by atoms with Crippen LogP contribution in [0.15, 0.2) is 54.6 Å². The first-order valence-electron chi connectivity index (χ1n) is 8.98. The lowest BCUT2D eigenvalue weighted by Gasteiger charge is -2.26. The van der Waals surface area contributed by atoms with E-state index in [1.807, 2.05) is 54.3 Å². The standard InChI is InChI=1S/C22H22N2O2/c1-15-19(13-17-10-11-18(26-2)14-20(17)23-15)22(25)24-12-6-9-21(24)16-7-4-3-5-8-16/h3-5,7-8,10-11,13-14,21H,6,9,12H2,1-2H3. The summed E-state index contributed by atoms with van der Waals surface area (Å²) in [6.07, 6.45) is 2.04. The normalized spacial score (nSPS) is 16.8. The molecule has 2 aromatic carbocycles. The third kappa shape index (κ3) is 2.92. The predicted molar refractivity (Wildman–Crippen MR) is 102 cm³/mol. The zero-order chi connectivity index (χ0) is 18.1. The summed E-state index contributed by atoms with van der Waals surface area (Å²) < 4.78 is 5.27. The molecule has 1 atom stereocenters. The highest BCUT2D eigenvalue weighted by atomic mass is 16.5. The lowest BCUT2D eigenvalue weighted by atomic mass is 10.0. The number of carbonyl (C=O) groups is 1. The van der Waals surface area contributed by atoms with Crippen LogP contribution in [-0.2, 0) is 0 Å². The van der Waals surface area contributed by atoms with E-state index in [4.69, 9.17) is 4.74 Å². The number of hydrogen-bond acceptors (Lipinski definition) is 3. The molecule has 1 fully saturated rings. The van der Waals surface area contributed by atoms with Gasteiger partial charge in [0.05, 0.1) is 29.9 Å². The van der Waals surface area contributed by atoms with E-state index >= 15 is 0 Å². The van der Waals surface area contributed by atoms with Crippen LogP contribution in [0.3, 0.4) is 0 Å². The minimum absolute atomic E-state index is 0.0686. The van der Waals surface area contributed by atoms with Gasteiger partial charge in [-0.1, -0.05) is 30.3 Å². The number of nitrogens with zero attached hydrogens (tertiary/aromatic N) is 2. The second kappa shape index (κ2) is 6.79. The first kappa shape index (κ1) is 16.6. The van der Waals surface area contributed by atoms with Gasteiger partial charge in [-0.3, -0.25) is 9.78 Å². The van der Waals surface area contributed by atoms with Crippen molar-refractivity contribution >= 4 is 16.8 Å². The Morgan fingerprint density at radius 2 is 1.96 bits per heavy atom. The third-order valence-electron chi connectivity index (χ3n) is 5.14. The fourth-order valence-electron chi connectivity index (χ4n) is 3.77. The Morgan fingerprint density at radius 3 is 2.73 bits per heavy atom. The van der Waals surface area contributed by atoms with Crippen molar-refractivity contribution in [1.29, 1.82) is 0 Å². The Labute approximate surface area is 153 Å². The van der Waals surface area contributed by atoms with E-state index < -0.39 is 0 Å². The predicted octanol–water partition coefficient (Wildman–Crippen LogP) is 4.53. The molecule has 1 aliphatic heterocycles. The average Bonchev–Trinajstić information content (AvgIpc) is 3.17. The molecule has 0 spiro atoms. The zero-order valence-electron chi connectivity index (χ0n) is 15.1. The molecule has 0 N–H and O–H groups in total. The number of methoxy groups -OCH3 is 1. The molecule has 0 bridgehead atoms. The van der Waals surface area contributed by atoms with E-state index in [1.165, 1.54) is 5.56 Å². The van der Waals surface area contributed by atoms with E-state index in [9.17, 15) is 4.79 Å². The molecule has 4 nitrogen and oxygen atoms in total. The quantitative estimate of drug-likeness (QED) is 0.700. The van der Waals surface area contributed by atoms with Gasteiger partial charge in [0.2, 0.25) is 0 Å². The van der Waals surface area contributed by atoms with Crippen molar-refractivity contribution in [2.75, 3.05) is 13.7 Å². The highest BCUT2D eigenvalue weighted by Gasteiger charge is 2.31. The summed E-state index contributed by atoms with van der Waals surface area (Å²) in [5.74, 6) is 0.839. The number of aromatic nitrogens is 1. The second-order valence-corrected chi connectivity index (χ2v) is 6.75. The molecule has 2 heterocycles. The lowest BCUT2D eigenvalue weighted by Crippen LogP contribution is -2.31. The SMILES string of the molecule is COc1ccc2cc(C(=O)N3CCCC3c3ccccc3)c(C)nc2c1. The minimum Gasteiger partial charge on any atom is -0.497 e. The Kier molecular flexibility index (Phi) is 4.33. The van der Waals surface area contributed by atoms with Crippen molar-refractivity contribution in [2.45, 2.75) is 25.8 Å².